The van der Waals surface area contributed by atoms with Gasteiger partial charge in [-0.2, -0.15) is 39.5 Å². The van der Waals surface area contributed by atoms with E-state index in [1.807, 2.05) is 0 Å². The van der Waals surface area contributed by atoms with Crippen LogP contribution in [0.2, 0.25) is 13.1 Å². The average molecular weight is 392 g/mol. The van der Waals surface area contributed by atoms with Gasteiger partial charge in [-0.05, 0) is 20.8 Å². The fourth-order valence-corrected chi connectivity index (χ4v) is 5.93. The Balaban J connectivity index is -0.000000400. The Bertz CT molecular complexity index is 316. The van der Waals surface area contributed by atoms with Gasteiger partial charge in [-0.15, -0.1) is 6.42 Å². The van der Waals surface area contributed by atoms with Crippen molar-refractivity contribution < 1.29 is 21.1 Å². The maximum atomic E-state index is 3.78. The molecule has 123 valence electrons. The Hall–Kier alpha value is 0.265. The molecule has 0 aliphatic heterocycles. The second-order valence-electron chi connectivity index (χ2n) is 6.52. The van der Waals surface area contributed by atoms with E-state index in [1.165, 1.54) is 10.8 Å². The van der Waals surface area contributed by atoms with Gasteiger partial charge in [0.2, 0.25) is 0 Å². The molecular formula is C16H34MoN3Si. The molecule has 5 heteroatoms. The van der Waals surface area contributed by atoms with E-state index in [0.717, 1.165) is 6.42 Å². The minimum Gasteiger partial charge on any atom is -0.668 e. The molecule has 0 spiro atoms. The summed E-state index contributed by atoms with van der Waals surface area (Å²) in [6.45, 7) is 13.6. The van der Waals surface area contributed by atoms with Gasteiger partial charge in [0.25, 0.3) is 0 Å². The Morgan fingerprint density at radius 2 is 1.48 bits per heavy atom. The number of rotatable bonds is 2. The molecule has 0 saturated carbocycles. The topological polar surface area (TPSA) is 40.2 Å². The molecule has 0 heterocycles. The van der Waals surface area contributed by atoms with Gasteiger partial charge in [-0.25, -0.2) is 5.57 Å². The fraction of sp³-hybridized carbons (Fsp3) is 0.750. The van der Waals surface area contributed by atoms with E-state index in [2.05, 4.69) is 68.6 Å². The van der Waals surface area contributed by atoms with Crippen molar-refractivity contribution in [2.75, 3.05) is 28.2 Å². The maximum Gasteiger partial charge on any atom is 3.00 e. The summed E-state index contributed by atoms with van der Waals surface area (Å²) >= 11 is 0. The standard InChI is InChI=1S/C12H22NSi.2C2H6N.Mo/c1-10-8-7-9-11(10)14(5,6)13-12(2,3)4;2*1-3-2;/h9,13H,7H2,1-6H3;2*1-2H3;/q3*-1;+3. The fourth-order valence-electron chi connectivity index (χ4n) is 2.28. The largest absolute Gasteiger partial charge is 3.00 e. The zero-order chi connectivity index (χ0) is 16.4. The summed E-state index contributed by atoms with van der Waals surface area (Å²) in [4.78, 5) is 3.78. The first kappa shape index (κ1) is 26.2. The number of hydrogen-bond donors (Lipinski definition) is 1. The van der Waals surface area contributed by atoms with Crippen molar-refractivity contribution in [2.24, 2.45) is 0 Å². The van der Waals surface area contributed by atoms with Crippen molar-refractivity contribution in [3.63, 3.8) is 0 Å². The summed E-state index contributed by atoms with van der Waals surface area (Å²) in [5.41, 5.74) is 1.57. The molecule has 0 aromatic heterocycles. The Morgan fingerprint density at radius 1 is 1.10 bits per heavy atom. The molecule has 21 heavy (non-hydrogen) atoms. The molecule has 1 radical (unpaired) electrons. The number of hydrogen-bond acceptors (Lipinski definition) is 1. The minimum absolute atomic E-state index is 0. The smallest absolute Gasteiger partial charge is 0.668 e. The summed E-state index contributed by atoms with van der Waals surface area (Å²) in [6.07, 6.45) is 6.72. The predicted molar refractivity (Wildman–Crippen MR) is 95.9 cm³/mol. The number of allylic oxidation sites excluding steroid dienone is 4. The van der Waals surface area contributed by atoms with E-state index in [4.69, 9.17) is 0 Å². The zero-order valence-corrected chi connectivity index (χ0v) is 18.6. The molecule has 0 aromatic rings. The van der Waals surface area contributed by atoms with E-state index in [9.17, 15) is 0 Å². The second-order valence-corrected chi connectivity index (χ2v) is 10.6. The van der Waals surface area contributed by atoms with Crippen molar-refractivity contribution in [3.8, 4) is 0 Å². The van der Waals surface area contributed by atoms with Gasteiger partial charge in [0.1, 0.15) is 0 Å². The third kappa shape index (κ3) is 13.6. The maximum absolute atomic E-state index is 3.78. The minimum atomic E-state index is -1.46. The van der Waals surface area contributed by atoms with Crippen LogP contribution in [0.15, 0.2) is 16.8 Å². The summed E-state index contributed by atoms with van der Waals surface area (Å²) in [5.74, 6) is 0. The molecule has 0 bridgehead atoms. The van der Waals surface area contributed by atoms with Crippen LogP contribution in [0.1, 0.15) is 34.1 Å². The predicted octanol–water partition coefficient (Wildman–Crippen LogP) is 4.44. The number of nitrogens with one attached hydrogen (secondary N) is 1. The van der Waals surface area contributed by atoms with E-state index in [0.29, 0.717) is 0 Å². The quantitative estimate of drug-likeness (QED) is 0.548. The van der Waals surface area contributed by atoms with E-state index < -0.39 is 8.24 Å². The molecule has 0 atom stereocenters. The van der Waals surface area contributed by atoms with Gasteiger partial charge in [0.05, 0.1) is 8.24 Å². The van der Waals surface area contributed by atoms with Gasteiger partial charge >= 0.3 is 21.1 Å². The second kappa shape index (κ2) is 12.8. The van der Waals surface area contributed by atoms with Gasteiger partial charge in [-0.1, -0.05) is 20.0 Å². The molecular weight excluding hydrogens is 358 g/mol. The Labute approximate surface area is 148 Å². The first-order chi connectivity index (χ1) is 9.05. The Morgan fingerprint density at radius 3 is 1.71 bits per heavy atom. The van der Waals surface area contributed by atoms with Crippen LogP contribution in [0.3, 0.4) is 0 Å². The molecule has 0 unspecified atom stereocenters. The molecule has 0 fully saturated rings. The van der Waals surface area contributed by atoms with Crippen LogP contribution >= 0.6 is 0 Å². The van der Waals surface area contributed by atoms with Crippen molar-refractivity contribution in [3.05, 3.63) is 33.6 Å². The third-order valence-corrected chi connectivity index (χ3v) is 5.74. The molecule has 0 saturated heterocycles. The van der Waals surface area contributed by atoms with Crippen LogP contribution in [-0.4, -0.2) is 42.0 Å². The molecule has 1 N–H and O–H groups in total. The molecule has 3 nitrogen and oxygen atoms in total. The summed E-state index contributed by atoms with van der Waals surface area (Å²) < 4.78 is 0. The molecule has 1 aliphatic carbocycles. The van der Waals surface area contributed by atoms with Crippen molar-refractivity contribution in [1.29, 1.82) is 0 Å². The summed E-state index contributed by atoms with van der Waals surface area (Å²) in [7, 11) is 5.54. The van der Waals surface area contributed by atoms with Crippen LogP contribution in [0.4, 0.5) is 0 Å². The normalized spacial score (nSPS) is 13.8. The van der Waals surface area contributed by atoms with Crippen LogP contribution in [0, 0.1) is 6.08 Å². The zero-order valence-electron chi connectivity index (χ0n) is 15.6. The molecule has 1 aliphatic rings. The van der Waals surface area contributed by atoms with Crippen LogP contribution < -0.4 is 4.98 Å². The van der Waals surface area contributed by atoms with Gasteiger partial charge in [0, 0.05) is 5.54 Å². The van der Waals surface area contributed by atoms with Crippen LogP contribution in [0.5, 0.6) is 0 Å². The van der Waals surface area contributed by atoms with Gasteiger partial charge < -0.3 is 15.6 Å². The first-order valence-electron chi connectivity index (χ1n) is 7.09. The monoisotopic (exact) mass is 394 g/mol. The Kier molecular flexibility index (Phi) is 15.9. The van der Waals surface area contributed by atoms with Gasteiger partial charge in [0.15, 0.2) is 0 Å². The van der Waals surface area contributed by atoms with Gasteiger partial charge in [-0.3, -0.25) is 6.08 Å². The number of nitrogens with zero attached hydrogens (tertiary/aromatic N) is 2. The van der Waals surface area contributed by atoms with Crippen molar-refractivity contribution in [2.45, 2.75) is 52.7 Å². The SMILES string of the molecule is CC1=[C-]CC=C1[Si](C)(C)NC(C)(C)C.C[N-]C.C[N-]C.[Mo+3]. The average Bonchev–Trinajstić information content (AvgIpc) is 2.63. The molecule has 0 aromatic carbocycles. The van der Waals surface area contributed by atoms with E-state index in [1.54, 1.807) is 28.2 Å². The third-order valence-electron chi connectivity index (χ3n) is 2.44. The molecule has 1 rings (SSSR count). The van der Waals surface area contributed by atoms with E-state index in [-0.39, 0.29) is 26.6 Å². The molecule has 0 amide bonds. The van der Waals surface area contributed by atoms with Crippen LogP contribution in [0.25, 0.3) is 10.6 Å². The summed E-state index contributed by atoms with van der Waals surface area (Å²) in [6, 6.07) is 0. The van der Waals surface area contributed by atoms with E-state index >= 15 is 0 Å². The van der Waals surface area contributed by atoms with Crippen molar-refractivity contribution in [1.82, 2.24) is 4.98 Å². The first-order valence-corrected chi connectivity index (χ1v) is 10.1. The summed E-state index contributed by atoms with van der Waals surface area (Å²) in [5, 5.41) is 8.53. The van der Waals surface area contributed by atoms with Crippen LogP contribution in [-0.2, 0) is 21.1 Å². The van der Waals surface area contributed by atoms with Crippen molar-refractivity contribution >= 4 is 8.24 Å².